The van der Waals surface area contributed by atoms with Crippen LogP contribution >= 0.6 is 11.8 Å². The molecule has 2 saturated heterocycles. The maximum atomic E-state index is 12.5. The number of hydrogen-bond acceptors (Lipinski definition) is 4. The predicted molar refractivity (Wildman–Crippen MR) is 80.7 cm³/mol. The Kier molecular flexibility index (Phi) is 5.95. The fourth-order valence-corrected chi connectivity index (χ4v) is 5.67. The number of hydrogen-bond donors (Lipinski definition) is 2. The molecule has 0 saturated carbocycles. The van der Waals surface area contributed by atoms with Crippen molar-refractivity contribution in [3.05, 3.63) is 0 Å². The van der Waals surface area contributed by atoms with Crippen LogP contribution in [0, 0.1) is 0 Å². The van der Waals surface area contributed by atoms with Crippen LogP contribution in [-0.2, 0) is 10.2 Å². The Morgan fingerprint density at radius 3 is 2.84 bits per heavy atom. The third kappa shape index (κ3) is 4.32. The zero-order valence-electron chi connectivity index (χ0n) is 11.6. The molecule has 7 heteroatoms. The topological polar surface area (TPSA) is 61.4 Å². The maximum absolute atomic E-state index is 12.5. The van der Waals surface area contributed by atoms with Crippen molar-refractivity contribution < 1.29 is 8.42 Å². The zero-order valence-corrected chi connectivity index (χ0v) is 13.2. The Bertz CT molecular complexity index is 369. The second-order valence-electron chi connectivity index (χ2n) is 5.25. The van der Waals surface area contributed by atoms with Crippen LogP contribution < -0.4 is 10.0 Å². The van der Waals surface area contributed by atoms with E-state index in [2.05, 4.69) is 17.0 Å². The summed E-state index contributed by atoms with van der Waals surface area (Å²) in [6, 6.07) is 0.233. The third-order valence-electron chi connectivity index (χ3n) is 3.76. The van der Waals surface area contributed by atoms with Crippen LogP contribution in [0.15, 0.2) is 0 Å². The van der Waals surface area contributed by atoms with Gasteiger partial charge >= 0.3 is 0 Å². The maximum Gasteiger partial charge on any atom is 0.280 e. The molecule has 0 aromatic rings. The first-order valence-electron chi connectivity index (χ1n) is 7.21. The van der Waals surface area contributed by atoms with E-state index >= 15 is 0 Å². The minimum absolute atomic E-state index is 0.111. The smallest absolute Gasteiger partial charge is 0.280 e. The Balaban J connectivity index is 1.98. The summed E-state index contributed by atoms with van der Waals surface area (Å²) < 4.78 is 29.5. The highest BCUT2D eigenvalue weighted by Gasteiger charge is 2.33. The fourth-order valence-electron chi connectivity index (χ4n) is 2.71. The molecule has 0 spiro atoms. The number of piperidine rings is 1. The summed E-state index contributed by atoms with van der Waals surface area (Å²) in [6.07, 6.45) is 4.02. The highest BCUT2D eigenvalue weighted by molar-refractivity contribution is 7.99. The molecule has 0 radical (unpaired) electrons. The first-order chi connectivity index (χ1) is 9.13. The van der Waals surface area contributed by atoms with Gasteiger partial charge in [-0.25, -0.2) is 0 Å². The quantitative estimate of drug-likeness (QED) is 0.762. The van der Waals surface area contributed by atoms with Crippen molar-refractivity contribution in [1.82, 2.24) is 14.3 Å². The fraction of sp³-hybridized carbons (Fsp3) is 1.00. The molecule has 0 aromatic carbocycles. The van der Waals surface area contributed by atoms with Gasteiger partial charge < -0.3 is 5.32 Å². The molecule has 112 valence electrons. The van der Waals surface area contributed by atoms with E-state index in [9.17, 15) is 8.42 Å². The van der Waals surface area contributed by atoms with E-state index in [0.717, 1.165) is 50.3 Å². The van der Waals surface area contributed by atoms with Gasteiger partial charge in [-0.15, -0.1) is 0 Å². The van der Waals surface area contributed by atoms with Crippen LogP contribution in [0.25, 0.3) is 0 Å². The molecule has 0 aromatic heterocycles. The molecule has 2 heterocycles. The molecule has 2 fully saturated rings. The van der Waals surface area contributed by atoms with Crippen LogP contribution in [0.1, 0.15) is 32.6 Å². The summed E-state index contributed by atoms with van der Waals surface area (Å²) in [5.74, 6) is 1.97. The van der Waals surface area contributed by atoms with Gasteiger partial charge in [-0.05, 0) is 31.6 Å². The molecule has 0 aliphatic carbocycles. The number of likely N-dealkylation sites (N-methyl/N-ethyl adjacent to an activating group) is 1. The third-order valence-corrected chi connectivity index (χ3v) is 6.65. The van der Waals surface area contributed by atoms with Gasteiger partial charge in [0.05, 0.1) is 0 Å². The highest BCUT2D eigenvalue weighted by atomic mass is 32.2. The Hall–Kier alpha value is 0.180. The van der Waals surface area contributed by atoms with Crippen LogP contribution in [0.5, 0.6) is 0 Å². The minimum atomic E-state index is -3.32. The molecule has 2 aliphatic rings. The lowest BCUT2D eigenvalue weighted by Gasteiger charge is -2.35. The molecule has 2 N–H and O–H groups in total. The Labute approximate surface area is 121 Å². The van der Waals surface area contributed by atoms with Gasteiger partial charge in [0.25, 0.3) is 10.2 Å². The van der Waals surface area contributed by atoms with E-state index in [1.165, 1.54) is 0 Å². The van der Waals surface area contributed by atoms with Gasteiger partial charge in [0.1, 0.15) is 0 Å². The van der Waals surface area contributed by atoms with Crippen molar-refractivity contribution in [2.45, 2.75) is 44.7 Å². The van der Waals surface area contributed by atoms with Crippen molar-refractivity contribution in [2.24, 2.45) is 0 Å². The monoisotopic (exact) mass is 307 g/mol. The molecule has 2 aliphatic heterocycles. The number of rotatable bonds is 6. The number of thioether (sulfide) groups is 1. The first-order valence-corrected chi connectivity index (χ1v) is 9.80. The normalized spacial score (nSPS) is 29.7. The van der Waals surface area contributed by atoms with Crippen LogP contribution in [0.2, 0.25) is 0 Å². The van der Waals surface area contributed by atoms with Crippen LogP contribution in [0.4, 0.5) is 0 Å². The predicted octanol–water partition coefficient (Wildman–Crippen LogP) is 0.790. The SMILES string of the molecule is CCNCC1CCCCN1S(=O)(=O)NC1CCSC1. The summed E-state index contributed by atoms with van der Waals surface area (Å²) >= 11 is 1.83. The zero-order chi connectivity index (χ0) is 13.7. The van der Waals surface area contributed by atoms with Crippen molar-refractivity contribution in [1.29, 1.82) is 0 Å². The standard InChI is InChI=1S/C12H25N3O2S2/c1-2-13-9-12-5-3-4-7-15(12)19(16,17)14-11-6-8-18-10-11/h11-14H,2-10H2,1H3. The van der Waals surface area contributed by atoms with E-state index in [1.807, 2.05) is 11.8 Å². The van der Waals surface area contributed by atoms with Gasteiger partial charge in [-0.2, -0.15) is 29.2 Å². The first kappa shape index (κ1) is 15.6. The second kappa shape index (κ2) is 7.26. The summed E-state index contributed by atoms with van der Waals surface area (Å²) in [7, 11) is -3.32. The Morgan fingerprint density at radius 2 is 2.16 bits per heavy atom. The van der Waals surface area contributed by atoms with Crippen molar-refractivity contribution in [3.63, 3.8) is 0 Å². The Morgan fingerprint density at radius 1 is 1.32 bits per heavy atom. The average Bonchev–Trinajstić information content (AvgIpc) is 2.88. The van der Waals surface area contributed by atoms with Gasteiger partial charge in [-0.3, -0.25) is 0 Å². The van der Waals surface area contributed by atoms with Gasteiger partial charge in [0, 0.05) is 30.9 Å². The van der Waals surface area contributed by atoms with E-state index in [-0.39, 0.29) is 12.1 Å². The van der Waals surface area contributed by atoms with Crippen LogP contribution in [-0.4, -0.2) is 55.9 Å². The van der Waals surface area contributed by atoms with E-state index in [1.54, 1.807) is 4.31 Å². The molecule has 19 heavy (non-hydrogen) atoms. The number of nitrogens with one attached hydrogen (secondary N) is 2. The van der Waals surface area contributed by atoms with Gasteiger partial charge in [-0.1, -0.05) is 13.3 Å². The van der Waals surface area contributed by atoms with Crippen molar-refractivity contribution in [2.75, 3.05) is 31.1 Å². The molecule has 2 atom stereocenters. The highest BCUT2D eigenvalue weighted by Crippen LogP contribution is 2.22. The molecule has 0 amide bonds. The summed E-state index contributed by atoms with van der Waals surface area (Å²) in [5, 5.41) is 3.28. The number of nitrogens with zero attached hydrogens (tertiary/aromatic N) is 1. The van der Waals surface area contributed by atoms with E-state index in [4.69, 9.17) is 0 Å². The molecule has 2 unspecified atom stereocenters. The summed E-state index contributed by atoms with van der Waals surface area (Å²) in [4.78, 5) is 0. The molecule has 2 rings (SSSR count). The van der Waals surface area contributed by atoms with Crippen molar-refractivity contribution in [3.8, 4) is 0 Å². The lowest BCUT2D eigenvalue weighted by molar-refractivity contribution is 0.243. The van der Waals surface area contributed by atoms with E-state index < -0.39 is 10.2 Å². The van der Waals surface area contributed by atoms with E-state index in [0.29, 0.717) is 6.54 Å². The lowest BCUT2D eigenvalue weighted by Crippen LogP contribution is -2.54. The largest absolute Gasteiger partial charge is 0.315 e. The minimum Gasteiger partial charge on any atom is -0.315 e. The second-order valence-corrected chi connectivity index (χ2v) is 8.06. The van der Waals surface area contributed by atoms with Crippen molar-refractivity contribution >= 4 is 22.0 Å². The summed E-state index contributed by atoms with van der Waals surface area (Å²) in [6.45, 7) is 4.36. The summed E-state index contributed by atoms with van der Waals surface area (Å²) in [5.41, 5.74) is 0. The van der Waals surface area contributed by atoms with Gasteiger partial charge in [0.2, 0.25) is 0 Å². The molecular formula is C12H25N3O2S2. The lowest BCUT2D eigenvalue weighted by atomic mass is 10.1. The molecule has 5 nitrogen and oxygen atoms in total. The van der Waals surface area contributed by atoms with Gasteiger partial charge in [0.15, 0.2) is 0 Å². The van der Waals surface area contributed by atoms with Crippen LogP contribution in [0.3, 0.4) is 0 Å². The molecule has 0 bridgehead atoms. The average molecular weight is 307 g/mol. The molecular weight excluding hydrogens is 282 g/mol.